The van der Waals surface area contributed by atoms with Crippen LogP contribution in [-0.4, -0.2) is 58.4 Å². The lowest BCUT2D eigenvalue weighted by atomic mass is 10.1. The fourth-order valence-corrected chi connectivity index (χ4v) is 4.11. The Bertz CT molecular complexity index is 854. The van der Waals surface area contributed by atoms with Crippen molar-refractivity contribution in [2.45, 2.75) is 38.8 Å². The summed E-state index contributed by atoms with van der Waals surface area (Å²) < 4.78 is 22.2. The fourth-order valence-electron chi connectivity index (χ4n) is 4.11. The summed E-state index contributed by atoms with van der Waals surface area (Å²) in [5.74, 6) is 3.57. The third-order valence-electron chi connectivity index (χ3n) is 5.70. The minimum atomic E-state index is 0. The Morgan fingerprint density at radius 2 is 1.79 bits per heavy atom. The first-order chi connectivity index (χ1) is 15.7. The highest BCUT2D eigenvalue weighted by molar-refractivity contribution is 14.0. The third-order valence-corrected chi connectivity index (χ3v) is 5.70. The zero-order valence-corrected chi connectivity index (χ0v) is 22.4. The van der Waals surface area contributed by atoms with Crippen molar-refractivity contribution in [3.63, 3.8) is 0 Å². The van der Waals surface area contributed by atoms with Crippen LogP contribution in [0.25, 0.3) is 0 Å². The van der Waals surface area contributed by atoms with Crippen LogP contribution in [0.5, 0.6) is 17.2 Å². The maximum absolute atomic E-state index is 5.76. The molecule has 1 saturated heterocycles. The lowest BCUT2D eigenvalue weighted by Crippen LogP contribution is -2.44. The quantitative estimate of drug-likeness (QED) is 0.251. The molecule has 9 heteroatoms. The van der Waals surface area contributed by atoms with Crippen molar-refractivity contribution < 1.29 is 18.6 Å². The molecule has 33 heavy (non-hydrogen) atoms. The summed E-state index contributed by atoms with van der Waals surface area (Å²) in [6, 6.07) is 8.00. The van der Waals surface area contributed by atoms with Gasteiger partial charge < -0.3 is 29.3 Å². The third kappa shape index (κ3) is 7.17. The standard InChI is InChI=1S/C24H36N4O4.HI/c1-5-25-24(26-16-18-11-12-21(29-2)23(31-4)22(18)30-3)27-17-19(20-10-9-15-32-20)28-13-7-6-8-14-28;/h9-12,15,19H,5-8,13-14,16-17H2,1-4H3,(H2,25,26,27);1H. The number of benzene rings is 1. The summed E-state index contributed by atoms with van der Waals surface area (Å²) in [4.78, 5) is 7.29. The lowest BCUT2D eigenvalue weighted by Gasteiger charge is -2.33. The van der Waals surface area contributed by atoms with Gasteiger partial charge in [0.25, 0.3) is 0 Å². The van der Waals surface area contributed by atoms with E-state index in [9.17, 15) is 0 Å². The van der Waals surface area contributed by atoms with Crippen LogP contribution in [0.4, 0.5) is 0 Å². The van der Waals surface area contributed by atoms with Crippen LogP contribution in [0.2, 0.25) is 0 Å². The molecule has 184 valence electrons. The highest BCUT2D eigenvalue weighted by atomic mass is 127. The second-order valence-electron chi connectivity index (χ2n) is 7.70. The van der Waals surface area contributed by atoms with Crippen LogP contribution < -0.4 is 24.8 Å². The Kier molecular flexibility index (Phi) is 11.7. The van der Waals surface area contributed by atoms with E-state index in [2.05, 4.69) is 28.5 Å². The molecule has 0 spiro atoms. The van der Waals surface area contributed by atoms with Crippen LogP contribution in [0.1, 0.15) is 43.6 Å². The van der Waals surface area contributed by atoms with Gasteiger partial charge in [-0.05, 0) is 57.1 Å². The minimum Gasteiger partial charge on any atom is -0.493 e. The Labute approximate surface area is 214 Å². The number of likely N-dealkylation sites (tertiary alicyclic amines) is 1. The number of halogens is 1. The molecule has 1 unspecified atom stereocenters. The Balaban J connectivity index is 0.00000385. The first-order valence-electron chi connectivity index (χ1n) is 11.3. The SMILES string of the molecule is CCNC(=NCc1ccc(OC)c(OC)c1OC)NCC(c1ccco1)N1CCCCC1.I. The number of nitrogens with zero attached hydrogens (tertiary/aromatic N) is 2. The molecule has 1 aromatic heterocycles. The Morgan fingerprint density at radius 3 is 2.39 bits per heavy atom. The molecule has 2 N–H and O–H groups in total. The average Bonchev–Trinajstić information content (AvgIpc) is 3.37. The Morgan fingerprint density at radius 1 is 1.03 bits per heavy atom. The highest BCUT2D eigenvalue weighted by Gasteiger charge is 2.24. The second-order valence-corrected chi connectivity index (χ2v) is 7.70. The van der Waals surface area contributed by atoms with E-state index in [1.54, 1.807) is 27.6 Å². The summed E-state index contributed by atoms with van der Waals surface area (Å²) in [5.41, 5.74) is 0.918. The second kappa shape index (κ2) is 14.2. The molecule has 1 atom stereocenters. The van der Waals surface area contributed by atoms with E-state index < -0.39 is 0 Å². The van der Waals surface area contributed by atoms with Gasteiger partial charge in [0.15, 0.2) is 17.5 Å². The van der Waals surface area contributed by atoms with Crippen LogP contribution >= 0.6 is 24.0 Å². The van der Waals surface area contributed by atoms with E-state index in [4.69, 9.17) is 23.6 Å². The van der Waals surface area contributed by atoms with Gasteiger partial charge in [-0.25, -0.2) is 4.99 Å². The molecule has 1 aromatic carbocycles. The number of piperidine rings is 1. The summed E-state index contributed by atoms with van der Waals surface area (Å²) in [6.45, 7) is 6.15. The normalized spacial score (nSPS) is 15.3. The number of hydrogen-bond acceptors (Lipinski definition) is 6. The van der Waals surface area contributed by atoms with Gasteiger partial charge in [0.2, 0.25) is 5.75 Å². The predicted octanol–water partition coefficient (Wildman–Crippen LogP) is 4.21. The first kappa shape index (κ1) is 27.1. The zero-order chi connectivity index (χ0) is 22.8. The maximum Gasteiger partial charge on any atom is 0.203 e. The van der Waals surface area contributed by atoms with Crippen LogP contribution in [0, 0.1) is 0 Å². The summed E-state index contributed by atoms with van der Waals surface area (Å²) >= 11 is 0. The van der Waals surface area contributed by atoms with Crippen LogP contribution in [0.15, 0.2) is 39.9 Å². The van der Waals surface area contributed by atoms with Gasteiger partial charge in [-0.3, -0.25) is 4.90 Å². The van der Waals surface area contributed by atoms with Gasteiger partial charge in [0, 0.05) is 18.7 Å². The number of guanidine groups is 1. The van der Waals surface area contributed by atoms with Crippen molar-refractivity contribution in [3.8, 4) is 17.2 Å². The number of rotatable bonds is 10. The van der Waals surface area contributed by atoms with E-state index in [1.807, 2.05) is 18.2 Å². The van der Waals surface area contributed by atoms with Crippen molar-refractivity contribution >= 4 is 29.9 Å². The lowest BCUT2D eigenvalue weighted by molar-refractivity contribution is 0.146. The van der Waals surface area contributed by atoms with Crippen LogP contribution in [0.3, 0.4) is 0 Å². The molecule has 0 aliphatic carbocycles. The molecule has 0 amide bonds. The van der Waals surface area contributed by atoms with Gasteiger partial charge >= 0.3 is 0 Å². The molecule has 8 nitrogen and oxygen atoms in total. The molecule has 1 fully saturated rings. The van der Waals surface area contributed by atoms with Crippen molar-refractivity contribution in [2.75, 3.05) is 47.5 Å². The monoisotopic (exact) mass is 572 g/mol. The minimum absolute atomic E-state index is 0. The number of hydrogen-bond donors (Lipinski definition) is 2. The molecule has 1 aliphatic heterocycles. The molecular formula is C24H37IN4O4. The van der Waals surface area contributed by atoms with Gasteiger partial charge in [-0.2, -0.15) is 0 Å². The molecule has 2 heterocycles. The van der Waals surface area contributed by atoms with Gasteiger partial charge in [0.05, 0.1) is 40.2 Å². The summed E-state index contributed by atoms with van der Waals surface area (Å²) in [7, 11) is 4.84. The maximum atomic E-state index is 5.76. The Hall–Kier alpha value is -2.14. The molecule has 2 aromatic rings. The zero-order valence-electron chi connectivity index (χ0n) is 20.1. The van der Waals surface area contributed by atoms with E-state index in [1.165, 1.54) is 19.3 Å². The van der Waals surface area contributed by atoms with Gasteiger partial charge in [-0.1, -0.05) is 6.42 Å². The van der Waals surface area contributed by atoms with E-state index in [0.717, 1.165) is 36.9 Å². The van der Waals surface area contributed by atoms with E-state index >= 15 is 0 Å². The van der Waals surface area contributed by atoms with Crippen molar-refractivity contribution in [1.29, 1.82) is 0 Å². The largest absolute Gasteiger partial charge is 0.493 e. The van der Waals surface area contributed by atoms with E-state index in [0.29, 0.717) is 30.3 Å². The smallest absolute Gasteiger partial charge is 0.203 e. The topological polar surface area (TPSA) is 80.5 Å². The van der Waals surface area contributed by atoms with Crippen LogP contribution in [-0.2, 0) is 6.54 Å². The highest BCUT2D eigenvalue weighted by Crippen LogP contribution is 2.40. The van der Waals surface area contributed by atoms with Gasteiger partial charge in [0.1, 0.15) is 5.76 Å². The van der Waals surface area contributed by atoms with E-state index in [-0.39, 0.29) is 30.0 Å². The summed E-state index contributed by atoms with van der Waals surface area (Å²) in [6.07, 6.45) is 5.50. The molecule has 1 aliphatic rings. The van der Waals surface area contributed by atoms with Crippen molar-refractivity contribution in [3.05, 3.63) is 41.9 Å². The number of ether oxygens (including phenoxy) is 3. The number of methoxy groups -OCH3 is 3. The van der Waals surface area contributed by atoms with Gasteiger partial charge in [-0.15, -0.1) is 24.0 Å². The molecule has 3 rings (SSSR count). The first-order valence-corrected chi connectivity index (χ1v) is 11.3. The fraction of sp³-hybridized carbons (Fsp3) is 0.542. The number of furan rings is 1. The molecule has 0 saturated carbocycles. The predicted molar refractivity (Wildman–Crippen MR) is 141 cm³/mol. The number of nitrogens with one attached hydrogen (secondary N) is 2. The van der Waals surface area contributed by atoms with Crippen molar-refractivity contribution in [1.82, 2.24) is 15.5 Å². The van der Waals surface area contributed by atoms with Crippen molar-refractivity contribution in [2.24, 2.45) is 4.99 Å². The molecular weight excluding hydrogens is 535 g/mol. The average molecular weight is 572 g/mol. The molecule has 0 bridgehead atoms. The summed E-state index contributed by atoms with van der Waals surface area (Å²) in [5, 5.41) is 6.84. The number of aliphatic imine (C=N–C) groups is 1. The molecule has 0 radical (unpaired) electrons.